The molecule has 0 unspecified atom stereocenters. The molecule has 1 aromatic carbocycles. The van der Waals surface area contributed by atoms with Crippen LogP contribution in [0.15, 0.2) is 28.7 Å². The first-order valence-electron chi connectivity index (χ1n) is 7.43. The third-order valence-electron chi connectivity index (χ3n) is 3.69. The zero-order chi connectivity index (χ0) is 15.3. The maximum atomic E-state index is 8.92. The van der Waals surface area contributed by atoms with Crippen molar-refractivity contribution in [2.45, 2.75) is 33.2 Å². The summed E-state index contributed by atoms with van der Waals surface area (Å²) in [5.74, 6) is 1.68. The molecule has 1 aromatic heterocycles. The Bertz CT molecular complexity index is 574. The minimum absolute atomic E-state index is 0.173. The highest BCUT2D eigenvalue weighted by Crippen LogP contribution is 2.28. The van der Waals surface area contributed by atoms with Crippen LogP contribution in [-0.4, -0.2) is 25.4 Å². The predicted molar refractivity (Wildman–Crippen MR) is 84.6 cm³/mol. The van der Waals surface area contributed by atoms with Crippen molar-refractivity contribution in [1.29, 1.82) is 0 Å². The van der Waals surface area contributed by atoms with E-state index in [-0.39, 0.29) is 12.0 Å². The van der Waals surface area contributed by atoms with Crippen LogP contribution in [-0.2, 0) is 6.54 Å². The highest BCUT2D eigenvalue weighted by molar-refractivity contribution is 5.83. The van der Waals surface area contributed by atoms with E-state index >= 15 is 0 Å². The summed E-state index contributed by atoms with van der Waals surface area (Å²) in [4.78, 5) is 0. The Hall–Kier alpha value is -1.52. The van der Waals surface area contributed by atoms with Crippen LogP contribution in [0.2, 0.25) is 0 Å². The quantitative estimate of drug-likeness (QED) is 0.783. The van der Waals surface area contributed by atoms with Crippen molar-refractivity contribution in [2.24, 2.45) is 5.41 Å². The molecule has 2 rings (SSSR count). The molecule has 4 nitrogen and oxygen atoms in total. The van der Waals surface area contributed by atoms with Gasteiger partial charge < -0.3 is 19.6 Å². The number of benzene rings is 1. The number of ether oxygens (including phenoxy) is 1. The van der Waals surface area contributed by atoms with Crippen LogP contribution in [0, 0.1) is 5.41 Å². The monoisotopic (exact) mass is 291 g/mol. The second-order valence-electron chi connectivity index (χ2n) is 6.19. The van der Waals surface area contributed by atoms with E-state index in [1.54, 1.807) is 7.11 Å². The Morgan fingerprint density at radius 3 is 2.86 bits per heavy atom. The minimum Gasteiger partial charge on any atom is -0.493 e. The Kier molecular flexibility index (Phi) is 5.26. The average molecular weight is 291 g/mol. The molecular formula is C17H25NO3. The molecule has 0 saturated carbocycles. The topological polar surface area (TPSA) is 54.6 Å². The lowest BCUT2D eigenvalue weighted by Crippen LogP contribution is -2.29. The van der Waals surface area contributed by atoms with Crippen LogP contribution >= 0.6 is 0 Å². The van der Waals surface area contributed by atoms with Crippen molar-refractivity contribution >= 4 is 11.0 Å². The summed E-state index contributed by atoms with van der Waals surface area (Å²) in [5, 5.41) is 13.4. The van der Waals surface area contributed by atoms with Crippen LogP contribution in [0.3, 0.4) is 0 Å². The molecule has 0 fully saturated rings. The van der Waals surface area contributed by atoms with Gasteiger partial charge in [0.1, 0.15) is 5.76 Å². The Morgan fingerprint density at radius 1 is 1.33 bits per heavy atom. The molecule has 0 saturated heterocycles. The molecule has 4 heteroatoms. The van der Waals surface area contributed by atoms with E-state index in [1.807, 2.05) is 24.3 Å². The van der Waals surface area contributed by atoms with Gasteiger partial charge in [-0.05, 0) is 30.4 Å². The maximum Gasteiger partial charge on any atom is 0.176 e. The van der Waals surface area contributed by atoms with Gasteiger partial charge in [0.25, 0.3) is 0 Å². The van der Waals surface area contributed by atoms with E-state index in [2.05, 4.69) is 19.2 Å². The number of hydrogen-bond acceptors (Lipinski definition) is 4. The number of nitrogens with one attached hydrogen (secondary N) is 1. The molecule has 0 aliphatic heterocycles. The summed E-state index contributed by atoms with van der Waals surface area (Å²) in [5.41, 5.74) is 0.975. The number of methoxy groups -OCH3 is 1. The lowest BCUT2D eigenvalue weighted by atomic mass is 9.88. The lowest BCUT2D eigenvalue weighted by molar-refractivity contribution is 0.235. The predicted octanol–water partition coefficient (Wildman–Crippen LogP) is 3.33. The smallest absolute Gasteiger partial charge is 0.176 e. The largest absolute Gasteiger partial charge is 0.493 e. The van der Waals surface area contributed by atoms with E-state index in [9.17, 15) is 0 Å². The molecule has 21 heavy (non-hydrogen) atoms. The second kappa shape index (κ2) is 6.96. The normalized spacial score (nSPS) is 12.0. The molecule has 2 N–H and O–H groups in total. The van der Waals surface area contributed by atoms with Gasteiger partial charge in [0.15, 0.2) is 11.3 Å². The molecule has 0 aliphatic rings. The number of fused-ring (bicyclic) bond motifs is 1. The Labute approximate surface area is 126 Å². The molecule has 0 bridgehead atoms. The van der Waals surface area contributed by atoms with E-state index in [1.165, 1.54) is 0 Å². The van der Waals surface area contributed by atoms with Crippen LogP contribution in [0.4, 0.5) is 0 Å². The SMILES string of the molecule is COc1cccc2cc(CNCC(C)(C)CCCO)oc12. The molecule has 0 radical (unpaired) electrons. The van der Waals surface area contributed by atoms with Gasteiger partial charge in [-0.1, -0.05) is 26.0 Å². The van der Waals surface area contributed by atoms with Gasteiger partial charge in [0.05, 0.1) is 13.7 Å². The highest BCUT2D eigenvalue weighted by Gasteiger charge is 2.17. The van der Waals surface area contributed by atoms with E-state index in [0.29, 0.717) is 6.54 Å². The molecule has 0 spiro atoms. The first-order chi connectivity index (χ1) is 10.1. The average Bonchev–Trinajstić information content (AvgIpc) is 2.87. The van der Waals surface area contributed by atoms with Crippen molar-refractivity contribution in [1.82, 2.24) is 5.32 Å². The van der Waals surface area contributed by atoms with Gasteiger partial charge in [0.2, 0.25) is 0 Å². The summed E-state index contributed by atoms with van der Waals surface area (Å²) in [6.45, 7) is 6.25. The lowest BCUT2D eigenvalue weighted by Gasteiger charge is -2.24. The number of hydrogen-bond donors (Lipinski definition) is 2. The summed E-state index contributed by atoms with van der Waals surface area (Å²) >= 11 is 0. The fraction of sp³-hybridized carbons (Fsp3) is 0.529. The van der Waals surface area contributed by atoms with Crippen molar-refractivity contribution in [3.63, 3.8) is 0 Å². The fourth-order valence-electron chi connectivity index (χ4n) is 2.51. The van der Waals surface area contributed by atoms with E-state index < -0.39 is 0 Å². The minimum atomic E-state index is 0.173. The zero-order valence-corrected chi connectivity index (χ0v) is 13.1. The second-order valence-corrected chi connectivity index (χ2v) is 6.19. The third kappa shape index (κ3) is 4.22. The van der Waals surface area contributed by atoms with Crippen molar-refractivity contribution in [3.8, 4) is 5.75 Å². The van der Waals surface area contributed by atoms with Gasteiger partial charge in [-0.3, -0.25) is 0 Å². The van der Waals surface area contributed by atoms with Gasteiger partial charge in [0, 0.05) is 18.5 Å². The number of furan rings is 1. The van der Waals surface area contributed by atoms with Gasteiger partial charge in [-0.2, -0.15) is 0 Å². The number of aliphatic hydroxyl groups excluding tert-OH is 1. The fourth-order valence-corrected chi connectivity index (χ4v) is 2.51. The standard InChI is InChI=1S/C17H25NO3/c1-17(2,8-5-9-19)12-18-11-14-10-13-6-4-7-15(20-3)16(13)21-14/h4,6-7,10,18-19H,5,8-9,11-12H2,1-3H3. The molecule has 0 amide bonds. The number of rotatable bonds is 8. The molecule has 0 atom stereocenters. The van der Waals surface area contributed by atoms with Crippen molar-refractivity contribution < 1.29 is 14.3 Å². The van der Waals surface area contributed by atoms with Crippen LogP contribution in [0.25, 0.3) is 11.0 Å². The summed E-state index contributed by atoms with van der Waals surface area (Å²) < 4.78 is 11.2. The molecular weight excluding hydrogens is 266 g/mol. The number of para-hydroxylation sites is 1. The number of aliphatic hydroxyl groups is 1. The van der Waals surface area contributed by atoms with Gasteiger partial charge in [-0.25, -0.2) is 0 Å². The van der Waals surface area contributed by atoms with Crippen LogP contribution in [0.5, 0.6) is 5.75 Å². The van der Waals surface area contributed by atoms with E-state index in [0.717, 1.165) is 41.9 Å². The molecule has 116 valence electrons. The molecule has 1 heterocycles. The zero-order valence-electron chi connectivity index (χ0n) is 13.1. The first-order valence-corrected chi connectivity index (χ1v) is 7.43. The van der Waals surface area contributed by atoms with E-state index in [4.69, 9.17) is 14.3 Å². The Balaban J connectivity index is 1.95. The van der Waals surface area contributed by atoms with Crippen LogP contribution < -0.4 is 10.1 Å². The summed E-state index contributed by atoms with van der Waals surface area (Å²) in [7, 11) is 1.65. The van der Waals surface area contributed by atoms with Crippen molar-refractivity contribution in [2.75, 3.05) is 20.3 Å². The summed E-state index contributed by atoms with van der Waals surface area (Å²) in [6.07, 6.45) is 1.85. The summed E-state index contributed by atoms with van der Waals surface area (Å²) in [6, 6.07) is 7.94. The van der Waals surface area contributed by atoms with Crippen LogP contribution in [0.1, 0.15) is 32.4 Å². The maximum absolute atomic E-state index is 8.92. The third-order valence-corrected chi connectivity index (χ3v) is 3.69. The molecule has 0 aliphatic carbocycles. The van der Waals surface area contributed by atoms with Crippen molar-refractivity contribution in [3.05, 3.63) is 30.0 Å². The highest BCUT2D eigenvalue weighted by atomic mass is 16.5. The van der Waals surface area contributed by atoms with Gasteiger partial charge >= 0.3 is 0 Å². The van der Waals surface area contributed by atoms with Gasteiger partial charge in [-0.15, -0.1) is 0 Å². The molecule has 2 aromatic rings. The first kappa shape index (κ1) is 15.9. The Morgan fingerprint density at radius 2 is 2.14 bits per heavy atom.